The lowest BCUT2D eigenvalue weighted by Crippen LogP contribution is -2.54. The smallest absolute Gasteiger partial charge is 0.347 e. The zero-order valence-corrected chi connectivity index (χ0v) is 15.0. The summed E-state index contributed by atoms with van der Waals surface area (Å²) in [4.78, 5) is 25.8. The van der Waals surface area contributed by atoms with E-state index in [0.717, 1.165) is 5.56 Å². The molecule has 2 heterocycles. The van der Waals surface area contributed by atoms with Gasteiger partial charge in [-0.25, -0.2) is 4.79 Å². The molecule has 2 aliphatic heterocycles. The maximum absolute atomic E-state index is 13.0. The van der Waals surface area contributed by atoms with Crippen LogP contribution < -0.4 is 4.74 Å². The SMILES string of the molecule is COc1cc([C@@H]2C[C@@H]3CCC(=O)[C@@]2(C(=O)OC(C)(C)C)O3)ccc1O. The third-order valence-electron chi connectivity index (χ3n) is 4.76. The van der Waals surface area contributed by atoms with Gasteiger partial charge in [0.1, 0.15) is 5.60 Å². The van der Waals surface area contributed by atoms with E-state index in [1.54, 1.807) is 32.9 Å². The minimum absolute atomic E-state index is 0.00535. The Morgan fingerprint density at radius 3 is 2.72 bits per heavy atom. The fourth-order valence-electron chi connectivity index (χ4n) is 3.68. The Morgan fingerprint density at radius 2 is 2.08 bits per heavy atom. The molecule has 2 aliphatic rings. The summed E-state index contributed by atoms with van der Waals surface area (Å²) in [7, 11) is 1.46. The second-order valence-electron chi connectivity index (χ2n) is 7.66. The monoisotopic (exact) mass is 348 g/mol. The van der Waals surface area contributed by atoms with Gasteiger partial charge in [0.15, 0.2) is 17.3 Å². The Morgan fingerprint density at radius 1 is 1.36 bits per heavy atom. The van der Waals surface area contributed by atoms with Gasteiger partial charge in [-0.15, -0.1) is 0 Å². The molecule has 2 fully saturated rings. The van der Waals surface area contributed by atoms with Crippen LogP contribution in [0.5, 0.6) is 11.5 Å². The summed E-state index contributed by atoms with van der Waals surface area (Å²) in [6.07, 6.45) is 1.30. The van der Waals surface area contributed by atoms with Crippen LogP contribution in [0.2, 0.25) is 0 Å². The molecule has 0 amide bonds. The van der Waals surface area contributed by atoms with Crippen molar-refractivity contribution in [2.45, 2.75) is 63.3 Å². The number of hydrogen-bond donors (Lipinski definition) is 1. The molecule has 3 rings (SSSR count). The Labute approximate surface area is 147 Å². The molecule has 2 saturated heterocycles. The van der Waals surface area contributed by atoms with Crippen LogP contribution in [0.25, 0.3) is 0 Å². The third kappa shape index (κ3) is 2.99. The van der Waals surface area contributed by atoms with Gasteiger partial charge in [-0.05, 0) is 51.3 Å². The van der Waals surface area contributed by atoms with Gasteiger partial charge in [0.05, 0.1) is 13.2 Å². The molecule has 6 nitrogen and oxygen atoms in total. The highest BCUT2D eigenvalue weighted by Gasteiger charge is 2.63. The molecule has 1 aromatic rings. The summed E-state index contributed by atoms with van der Waals surface area (Å²) in [5, 5.41) is 9.83. The highest BCUT2D eigenvalue weighted by Crippen LogP contribution is 2.50. The van der Waals surface area contributed by atoms with E-state index in [4.69, 9.17) is 14.2 Å². The van der Waals surface area contributed by atoms with Crippen molar-refractivity contribution >= 4 is 11.8 Å². The number of aromatic hydroxyl groups is 1. The maximum atomic E-state index is 13.0. The van der Waals surface area contributed by atoms with E-state index in [9.17, 15) is 14.7 Å². The average molecular weight is 348 g/mol. The number of ether oxygens (including phenoxy) is 3. The number of hydrogen-bond acceptors (Lipinski definition) is 6. The quantitative estimate of drug-likeness (QED) is 0.668. The van der Waals surface area contributed by atoms with Crippen molar-refractivity contribution in [1.82, 2.24) is 0 Å². The van der Waals surface area contributed by atoms with Crippen LogP contribution in [0.3, 0.4) is 0 Å². The number of benzene rings is 1. The summed E-state index contributed by atoms with van der Waals surface area (Å²) in [5.41, 5.74) is -1.61. The number of esters is 1. The molecule has 1 aromatic carbocycles. The van der Waals surface area contributed by atoms with Gasteiger partial charge in [-0.1, -0.05) is 6.07 Å². The molecule has 0 unspecified atom stereocenters. The number of carbonyl (C=O) groups excluding carboxylic acids is 2. The molecule has 2 bridgehead atoms. The standard InChI is InChI=1S/C19H24O6/c1-18(2,3)25-17(22)19-13(10-12(24-19)6-8-16(19)21)11-5-7-14(20)15(9-11)23-4/h5,7,9,12-13,20H,6,8,10H2,1-4H3/t12-,13-,19-/m0/s1. The van der Waals surface area contributed by atoms with E-state index in [-0.39, 0.29) is 17.6 Å². The molecule has 25 heavy (non-hydrogen) atoms. The Balaban J connectivity index is 2.05. The topological polar surface area (TPSA) is 82.1 Å². The second kappa shape index (κ2) is 6.02. The van der Waals surface area contributed by atoms with Crippen LogP contribution in [0.15, 0.2) is 18.2 Å². The van der Waals surface area contributed by atoms with Crippen molar-refractivity contribution in [3.05, 3.63) is 23.8 Å². The molecule has 0 saturated carbocycles. The molecule has 6 heteroatoms. The average Bonchev–Trinajstić information content (AvgIpc) is 2.86. The first-order chi connectivity index (χ1) is 11.7. The fourth-order valence-corrected chi connectivity index (χ4v) is 3.68. The first kappa shape index (κ1) is 17.7. The summed E-state index contributed by atoms with van der Waals surface area (Å²) >= 11 is 0. The molecular formula is C19H24O6. The molecule has 0 radical (unpaired) electrons. The number of phenolic OH excluding ortho intramolecular Hbond substituents is 1. The van der Waals surface area contributed by atoms with Gasteiger partial charge in [-0.3, -0.25) is 4.79 Å². The van der Waals surface area contributed by atoms with Crippen molar-refractivity contribution in [3.63, 3.8) is 0 Å². The lowest BCUT2D eigenvalue weighted by Gasteiger charge is -2.36. The normalized spacial score (nSPS) is 28.7. The summed E-state index contributed by atoms with van der Waals surface area (Å²) < 4.78 is 16.6. The molecule has 136 valence electrons. The third-order valence-corrected chi connectivity index (χ3v) is 4.76. The van der Waals surface area contributed by atoms with E-state index in [2.05, 4.69) is 0 Å². The Kier molecular flexibility index (Phi) is 4.27. The van der Waals surface area contributed by atoms with Crippen LogP contribution in [0.1, 0.15) is 51.5 Å². The molecule has 0 aliphatic carbocycles. The zero-order valence-electron chi connectivity index (χ0n) is 15.0. The van der Waals surface area contributed by atoms with E-state index in [1.807, 2.05) is 0 Å². The zero-order chi connectivity index (χ0) is 18.4. The molecule has 0 aromatic heterocycles. The predicted octanol–water partition coefficient (Wildman–Crippen LogP) is 2.72. The number of carbonyl (C=O) groups is 2. The van der Waals surface area contributed by atoms with Crippen LogP contribution in [0.4, 0.5) is 0 Å². The van der Waals surface area contributed by atoms with E-state index < -0.39 is 23.1 Å². The number of Topliss-reactive ketones (excluding diaryl/α,β-unsaturated/α-hetero) is 1. The van der Waals surface area contributed by atoms with Crippen LogP contribution >= 0.6 is 0 Å². The van der Waals surface area contributed by atoms with Crippen LogP contribution in [-0.4, -0.2) is 41.3 Å². The number of phenols is 1. The minimum atomic E-state index is -1.61. The molecule has 1 N–H and O–H groups in total. The molecule has 0 spiro atoms. The lowest BCUT2D eigenvalue weighted by atomic mass is 9.79. The van der Waals surface area contributed by atoms with E-state index in [1.165, 1.54) is 13.2 Å². The lowest BCUT2D eigenvalue weighted by molar-refractivity contribution is -0.190. The Bertz CT molecular complexity index is 704. The van der Waals surface area contributed by atoms with Gasteiger partial charge in [0, 0.05) is 12.3 Å². The van der Waals surface area contributed by atoms with Crippen molar-refractivity contribution in [2.75, 3.05) is 7.11 Å². The van der Waals surface area contributed by atoms with Crippen molar-refractivity contribution in [2.24, 2.45) is 0 Å². The van der Waals surface area contributed by atoms with Crippen molar-refractivity contribution in [3.8, 4) is 11.5 Å². The highest BCUT2D eigenvalue weighted by molar-refractivity contribution is 6.09. The number of rotatable bonds is 3. The number of ketones is 1. The van der Waals surface area contributed by atoms with Gasteiger partial charge >= 0.3 is 5.97 Å². The summed E-state index contributed by atoms with van der Waals surface area (Å²) in [6.45, 7) is 5.29. The molecule has 3 atom stereocenters. The maximum Gasteiger partial charge on any atom is 0.347 e. The first-order valence-corrected chi connectivity index (χ1v) is 8.49. The number of fused-ring (bicyclic) bond motifs is 2. The molecular weight excluding hydrogens is 324 g/mol. The first-order valence-electron chi connectivity index (χ1n) is 8.49. The fraction of sp³-hybridized carbons (Fsp3) is 0.579. The van der Waals surface area contributed by atoms with Gasteiger partial charge < -0.3 is 19.3 Å². The van der Waals surface area contributed by atoms with Crippen molar-refractivity contribution in [1.29, 1.82) is 0 Å². The van der Waals surface area contributed by atoms with Gasteiger partial charge in [-0.2, -0.15) is 0 Å². The second-order valence-corrected chi connectivity index (χ2v) is 7.66. The summed E-state index contributed by atoms with van der Waals surface area (Å²) in [6, 6.07) is 4.86. The summed E-state index contributed by atoms with van der Waals surface area (Å²) in [5.74, 6) is -1.04. The highest BCUT2D eigenvalue weighted by atomic mass is 16.6. The van der Waals surface area contributed by atoms with Gasteiger partial charge in [0.25, 0.3) is 0 Å². The van der Waals surface area contributed by atoms with Crippen LogP contribution in [-0.2, 0) is 19.1 Å². The van der Waals surface area contributed by atoms with E-state index in [0.29, 0.717) is 25.0 Å². The van der Waals surface area contributed by atoms with Gasteiger partial charge in [0.2, 0.25) is 5.60 Å². The minimum Gasteiger partial charge on any atom is -0.504 e. The van der Waals surface area contributed by atoms with Crippen molar-refractivity contribution < 1.29 is 28.9 Å². The number of methoxy groups -OCH3 is 1. The predicted molar refractivity (Wildman–Crippen MR) is 89.7 cm³/mol. The van der Waals surface area contributed by atoms with E-state index >= 15 is 0 Å². The van der Waals surface area contributed by atoms with Crippen LogP contribution in [0, 0.1) is 0 Å². The Hall–Kier alpha value is -2.08. The largest absolute Gasteiger partial charge is 0.504 e.